The number of nitrogens with zero attached hydrogens (tertiary/aromatic N) is 1. The fourth-order valence-electron chi connectivity index (χ4n) is 3.45. The van der Waals surface area contributed by atoms with Gasteiger partial charge < -0.3 is 15.6 Å². The van der Waals surface area contributed by atoms with Crippen LogP contribution in [0.4, 0.5) is 20.6 Å². The van der Waals surface area contributed by atoms with Crippen molar-refractivity contribution >= 4 is 33.3 Å². The molecule has 0 saturated heterocycles. The van der Waals surface area contributed by atoms with Gasteiger partial charge in [0.15, 0.2) is 5.78 Å². The number of ketones is 1. The number of carbonyl (C=O) groups excluding carboxylic acids is 1. The first kappa shape index (κ1) is 21.1. The molecule has 2 aliphatic rings. The largest absolute Gasteiger partial charge is 0.484 e. The summed E-state index contributed by atoms with van der Waals surface area (Å²) in [4.78, 5) is 23.3. The van der Waals surface area contributed by atoms with Gasteiger partial charge in [-0.1, -0.05) is 0 Å². The Morgan fingerprint density at radius 1 is 1.19 bits per heavy atom. The molecular weight excluding hydrogens is 429 g/mol. The molecule has 1 fully saturated rings. The minimum Gasteiger partial charge on any atom is -0.484 e. The summed E-state index contributed by atoms with van der Waals surface area (Å²) < 4.78 is 46.9. The van der Waals surface area contributed by atoms with Gasteiger partial charge in [-0.05, 0) is 55.3 Å². The van der Waals surface area contributed by atoms with E-state index in [9.17, 15) is 22.4 Å². The Kier molecular flexibility index (Phi) is 5.31. The summed E-state index contributed by atoms with van der Waals surface area (Å²) in [5.41, 5.74) is 6.33. The first-order valence-electron chi connectivity index (χ1n) is 9.55. The van der Waals surface area contributed by atoms with Crippen LogP contribution in [0, 0.1) is 11.7 Å². The summed E-state index contributed by atoms with van der Waals surface area (Å²) in [7, 11) is -4.19. The van der Waals surface area contributed by atoms with Gasteiger partial charge in [-0.2, -0.15) is 0 Å². The summed E-state index contributed by atoms with van der Waals surface area (Å²) in [6.07, 6.45) is -0.761. The van der Waals surface area contributed by atoms with Crippen LogP contribution in [0.3, 0.4) is 0 Å². The van der Waals surface area contributed by atoms with Crippen molar-refractivity contribution < 1.29 is 32.2 Å². The Bertz CT molecular complexity index is 1130. The summed E-state index contributed by atoms with van der Waals surface area (Å²) in [6.45, 7) is -0.261. The van der Waals surface area contributed by atoms with E-state index in [2.05, 4.69) is 5.32 Å². The molecule has 1 unspecified atom stereocenters. The van der Waals surface area contributed by atoms with Crippen molar-refractivity contribution in [3.63, 3.8) is 0 Å². The minimum atomic E-state index is -4.19. The Morgan fingerprint density at radius 2 is 1.87 bits per heavy atom. The number of fused-ring (bicyclic) bond motifs is 1. The van der Waals surface area contributed by atoms with E-state index in [0.29, 0.717) is 0 Å². The Balaban J connectivity index is 1.75. The number of Topliss-reactive ketones (excluding diaryl/α,β-unsaturated/α-hetero) is 1. The fourth-order valence-corrected chi connectivity index (χ4v) is 4.93. The quantitative estimate of drug-likeness (QED) is 0.614. The van der Waals surface area contributed by atoms with Crippen LogP contribution in [0.2, 0.25) is 0 Å². The topological polar surface area (TPSA) is 139 Å². The van der Waals surface area contributed by atoms with E-state index in [4.69, 9.17) is 15.6 Å². The van der Waals surface area contributed by atoms with E-state index in [-0.39, 0.29) is 40.3 Å². The average Bonchev–Trinajstić information content (AvgIpc) is 3.57. The summed E-state index contributed by atoms with van der Waals surface area (Å²) in [5, 5.41) is 11.1. The lowest BCUT2D eigenvalue weighted by atomic mass is 10.0. The normalized spacial score (nSPS) is 19.2. The monoisotopic (exact) mass is 449 g/mol. The van der Waals surface area contributed by atoms with Crippen LogP contribution < -0.4 is 20.1 Å². The first-order chi connectivity index (χ1) is 14.7. The van der Waals surface area contributed by atoms with Crippen LogP contribution in [0.1, 0.15) is 12.8 Å². The molecule has 0 spiro atoms. The number of sulfonamides is 1. The number of amides is 1. The zero-order valence-electron chi connectivity index (χ0n) is 16.2. The van der Waals surface area contributed by atoms with E-state index in [1.807, 2.05) is 0 Å². The molecule has 1 amide bonds. The van der Waals surface area contributed by atoms with Gasteiger partial charge >= 0.3 is 6.09 Å². The lowest BCUT2D eigenvalue weighted by molar-refractivity contribution is -0.123. The first-order valence-corrected chi connectivity index (χ1v) is 11.0. The number of hydrogen-bond donors (Lipinski definition) is 3. The number of halogens is 1. The van der Waals surface area contributed by atoms with Crippen molar-refractivity contribution in [1.29, 1.82) is 0 Å². The Labute approximate surface area is 177 Å². The van der Waals surface area contributed by atoms with Gasteiger partial charge in [-0.25, -0.2) is 17.6 Å². The number of nitrogens with one attached hydrogen (secondary N) is 1. The van der Waals surface area contributed by atoms with Gasteiger partial charge in [0.25, 0.3) is 10.0 Å². The van der Waals surface area contributed by atoms with Gasteiger partial charge in [0, 0.05) is 11.6 Å². The van der Waals surface area contributed by atoms with Crippen LogP contribution in [0.5, 0.6) is 5.75 Å². The molecule has 2 aromatic carbocycles. The van der Waals surface area contributed by atoms with E-state index < -0.39 is 34.1 Å². The minimum absolute atomic E-state index is 0.0814. The molecule has 1 aliphatic heterocycles. The lowest BCUT2D eigenvalue weighted by Crippen LogP contribution is -2.54. The number of benzene rings is 2. The highest BCUT2D eigenvalue weighted by Gasteiger charge is 2.42. The van der Waals surface area contributed by atoms with Crippen molar-refractivity contribution in [2.24, 2.45) is 11.7 Å². The Morgan fingerprint density at radius 3 is 2.48 bits per heavy atom. The van der Waals surface area contributed by atoms with Crippen LogP contribution in [-0.2, 0) is 14.8 Å². The molecule has 0 radical (unpaired) electrons. The maximum Gasteiger partial charge on any atom is 0.409 e. The molecule has 0 aromatic heterocycles. The lowest BCUT2D eigenvalue weighted by Gasteiger charge is -2.37. The van der Waals surface area contributed by atoms with Gasteiger partial charge in [0.1, 0.15) is 23.7 Å². The van der Waals surface area contributed by atoms with Gasteiger partial charge in [0.2, 0.25) is 0 Å². The molecule has 1 aliphatic carbocycles. The second-order valence-electron chi connectivity index (χ2n) is 7.46. The summed E-state index contributed by atoms with van der Waals surface area (Å²) >= 11 is 0. The predicted octanol–water partition coefficient (Wildman–Crippen LogP) is 2.18. The third-order valence-electron chi connectivity index (χ3n) is 5.21. The molecule has 2 aromatic rings. The number of rotatable bonds is 6. The molecule has 4 rings (SSSR count). The number of nitrogens with two attached hydrogens (primary N) is 1. The van der Waals surface area contributed by atoms with Crippen molar-refractivity contribution in [1.82, 2.24) is 0 Å². The van der Waals surface area contributed by atoms with Crippen molar-refractivity contribution in [3.8, 4) is 5.75 Å². The third kappa shape index (κ3) is 4.19. The molecule has 2 atom stereocenters. The number of carboxylic acid groups (broad SMARTS) is 1. The summed E-state index contributed by atoms with van der Waals surface area (Å²) in [5.74, 6) is -0.776. The molecule has 31 heavy (non-hydrogen) atoms. The molecule has 1 heterocycles. The van der Waals surface area contributed by atoms with Gasteiger partial charge in [-0.15, -0.1) is 0 Å². The number of hydrogen-bond acceptors (Lipinski definition) is 6. The SMILES string of the molecule is NC(C(=O)C1CC1)[C@@H]1CN(S(=O)(=O)c2ccc(F)cc2)c2cc(NC(=O)O)ccc2O1. The highest BCUT2D eigenvalue weighted by molar-refractivity contribution is 7.92. The smallest absolute Gasteiger partial charge is 0.409 e. The van der Waals surface area contributed by atoms with E-state index in [1.165, 1.54) is 18.2 Å². The molecule has 164 valence electrons. The number of carbonyl (C=O) groups is 2. The summed E-state index contributed by atoms with van der Waals surface area (Å²) in [6, 6.07) is 7.42. The van der Waals surface area contributed by atoms with Crippen molar-refractivity contribution in [2.75, 3.05) is 16.2 Å². The van der Waals surface area contributed by atoms with Crippen LogP contribution in [0.25, 0.3) is 0 Å². The maximum atomic E-state index is 13.4. The standard InChI is InChI=1S/C20H20FN3O6S/c21-12-3-6-14(7-4-12)31(28,29)24-10-17(18(22)19(25)11-1-2-11)30-16-8-5-13(9-15(16)24)23-20(26)27/h3-9,11,17-18,23H,1-2,10,22H2,(H,26,27)/t17-,18?/m0/s1. The molecule has 1 saturated carbocycles. The van der Waals surface area contributed by atoms with Crippen LogP contribution >= 0.6 is 0 Å². The average molecular weight is 449 g/mol. The molecule has 11 heteroatoms. The highest BCUT2D eigenvalue weighted by atomic mass is 32.2. The van der Waals surface area contributed by atoms with Crippen LogP contribution in [-0.4, -0.2) is 44.1 Å². The Hall–Kier alpha value is -3.18. The third-order valence-corrected chi connectivity index (χ3v) is 7.01. The number of ether oxygens (including phenoxy) is 1. The fraction of sp³-hybridized carbons (Fsp3) is 0.300. The maximum absolute atomic E-state index is 13.4. The van der Waals surface area contributed by atoms with E-state index in [0.717, 1.165) is 41.4 Å². The van der Waals surface area contributed by atoms with E-state index in [1.54, 1.807) is 0 Å². The predicted molar refractivity (Wildman–Crippen MR) is 109 cm³/mol. The molecular formula is C20H20FN3O6S. The zero-order valence-corrected chi connectivity index (χ0v) is 17.0. The van der Waals surface area contributed by atoms with Crippen molar-refractivity contribution in [3.05, 3.63) is 48.3 Å². The molecule has 0 bridgehead atoms. The van der Waals surface area contributed by atoms with Gasteiger partial charge in [0.05, 0.1) is 17.1 Å². The van der Waals surface area contributed by atoms with E-state index >= 15 is 0 Å². The molecule has 4 N–H and O–H groups in total. The zero-order chi connectivity index (χ0) is 22.3. The van der Waals surface area contributed by atoms with Crippen molar-refractivity contribution in [2.45, 2.75) is 29.9 Å². The second-order valence-corrected chi connectivity index (χ2v) is 9.32. The second kappa shape index (κ2) is 7.82. The van der Waals surface area contributed by atoms with Gasteiger partial charge in [-0.3, -0.25) is 14.4 Å². The number of anilines is 2. The highest BCUT2D eigenvalue weighted by Crippen LogP contribution is 2.40. The van der Waals surface area contributed by atoms with Crippen LogP contribution in [0.15, 0.2) is 47.4 Å². The molecule has 9 nitrogen and oxygen atoms in total.